The number of nitrogens with one attached hydrogen (secondary N) is 2. The molecule has 1 aromatic carbocycles. The van der Waals surface area contributed by atoms with Crippen molar-refractivity contribution in [1.82, 2.24) is 5.32 Å². The third-order valence-corrected chi connectivity index (χ3v) is 3.48. The van der Waals surface area contributed by atoms with Crippen LogP contribution in [0.1, 0.15) is 32.1 Å². The molecule has 4 N–H and O–H groups in total. The second kappa shape index (κ2) is 6.28. The van der Waals surface area contributed by atoms with Gasteiger partial charge in [0.2, 0.25) is 0 Å². The highest BCUT2D eigenvalue weighted by molar-refractivity contribution is 5.89. The van der Waals surface area contributed by atoms with Crippen molar-refractivity contribution in [2.45, 2.75) is 32.1 Å². The van der Waals surface area contributed by atoms with E-state index in [2.05, 4.69) is 10.6 Å². The molecule has 0 atom stereocenters. The Kier molecular flexibility index (Phi) is 4.45. The SMILES string of the molecule is Nc1ccc(NC(=O)NCCC2CCCC2)cc1. The van der Waals surface area contributed by atoms with Crippen LogP contribution in [0.2, 0.25) is 0 Å². The van der Waals surface area contributed by atoms with Crippen LogP contribution in [0, 0.1) is 5.92 Å². The highest BCUT2D eigenvalue weighted by Crippen LogP contribution is 2.26. The van der Waals surface area contributed by atoms with E-state index in [1.807, 2.05) is 0 Å². The minimum Gasteiger partial charge on any atom is -0.399 e. The predicted molar refractivity (Wildman–Crippen MR) is 74.5 cm³/mol. The highest BCUT2D eigenvalue weighted by Gasteiger charge is 2.14. The number of nitrogen functional groups attached to an aromatic ring is 1. The van der Waals surface area contributed by atoms with E-state index in [-0.39, 0.29) is 6.03 Å². The van der Waals surface area contributed by atoms with Gasteiger partial charge in [0, 0.05) is 17.9 Å². The van der Waals surface area contributed by atoms with Gasteiger partial charge in [-0.25, -0.2) is 4.79 Å². The average molecular weight is 247 g/mol. The van der Waals surface area contributed by atoms with Crippen LogP contribution >= 0.6 is 0 Å². The summed E-state index contributed by atoms with van der Waals surface area (Å²) in [6.45, 7) is 0.755. The topological polar surface area (TPSA) is 67.1 Å². The number of carbonyl (C=O) groups is 1. The summed E-state index contributed by atoms with van der Waals surface area (Å²) in [6, 6.07) is 7.00. The van der Waals surface area contributed by atoms with Crippen molar-refractivity contribution in [3.8, 4) is 0 Å². The molecule has 1 aliphatic carbocycles. The van der Waals surface area contributed by atoms with Crippen molar-refractivity contribution in [3.05, 3.63) is 24.3 Å². The summed E-state index contributed by atoms with van der Waals surface area (Å²) in [6.07, 6.45) is 6.43. The minimum absolute atomic E-state index is 0.141. The molecule has 0 radical (unpaired) electrons. The van der Waals surface area contributed by atoms with Crippen molar-refractivity contribution in [2.24, 2.45) is 5.92 Å². The maximum atomic E-state index is 11.6. The number of hydrogen-bond acceptors (Lipinski definition) is 2. The summed E-state index contributed by atoms with van der Waals surface area (Å²) in [4.78, 5) is 11.6. The van der Waals surface area contributed by atoms with Crippen LogP contribution in [-0.4, -0.2) is 12.6 Å². The van der Waals surface area contributed by atoms with E-state index in [0.29, 0.717) is 5.69 Å². The second-order valence-corrected chi connectivity index (χ2v) is 4.94. The summed E-state index contributed by atoms with van der Waals surface area (Å²) in [7, 11) is 0. The van der Waals surface area contributed by atoms with Gasteiger partial charge >= 0.3 is 6.03 Å². The maximum Gasteiger partial charge on any atom is 0.319 e. The zero-order valence-electron chi connectivity index (χ0n) is 10.6. The first-order valence-electron chi connectivity index (χ1n) is 6.64. The normalized spacial score (nSPS) is 15.6. The number of carbonyl (C=O) groups excluding carboxylic acids is 1. The van der Waals surface area contributed by atoms with Crippen molar-refractivity contribution >= 4 is 17.4 Å². The Labute approximate surface area is 108 Å². The standard InChI is InChI=1S/C14H21N3O/c15-12-5-7-13(8-6-12)17-14(18)16-10-9-11-3-1-2-4-11/h5-8,11H,1-4,9-10,15H2,(H2,16,17,18). The minimum atomic E-state index is -0.141. The molecule has 0 saturated heterocycles. The average Bonchev–Trinajstić information content (AvgIpc) is 2.85. The Bertz CT molecular complexity index is 383. The summed E-state index contributed by atoms with van der Waals surface area (Å²) < 4.78 is 0. The Morgan fingerprint density at radius 1 is 1.22 bits per heavy atom. The summed E-state index contributed by atoms with van der Waals surface area (Å²) in [5, 5.41) is 5.68. The molecule has 0 aliphatic heterocycles. The largest absolute Gasteiger partial charge is 0.399 e. The summed E-state index contributed by atoms with van der Waals surface area (Å²) in [5.74, 6) is 0.807. The first-order chi connectivity index (χ1) is 8.74. The number of nitrogens with two attached hydrogens (primary N) is 1. The number of hydrogen-bond donors (Lipinski definition) is 3. The lowest BCUT2D eigenvalue weighted by atomic mass is 10.0. The lowest BCUT2D eigenvalue weighted by molar-refractivity contribution is 0.251. The Morgan fingerprint density at radius 3 is 2.56 bits per heavy atom. The van der Waals surface area contributed by atoms with E-state index in [1.54, 1.807) is 24.3 Å². The molecular formula is C14H21N3O. The molecule has 98 valence electrons. The molecule has 0 spiro atoms. The van der Waals surface area contributed by atoms with Crippen LogP contribution in [-0.2, 0) is 0 Å². The zero-order valence-corrected chi connectivity index (χ0v) is 10.6. The molecule has 1 saturated carbocycles. The van der Waals surface area contributed by atoms with E-state index in [4.69, 9.17) is 5.73 Å². The van der Waals surface area contributed by atoms with E-state index < -0.39 is 0 Å². The van der Waals surface area contributed by atoms with Crippen LogP contribution in [0.25, 0.3) is 0 Å². The molecule has 1 fully saturated rings. The summed E-state index contributed by atoms with van der Waals surface area (Å²) >= 11 is 0. The number of amides is 2. The zero-order chi connectivity index (χ0) is 12.8. The molecular weight excluding hydrogens is 226 g/mol. The Balaban J connectivity index is 1.66. The fraction of sp³-hybridized carbons (Fsp3) is 0.500. The molecule has 0 heterocycles. The second-order valence-electron chi connectivity index (χ2n) is 4.94. The quantitative estimate of drug-likeness (QED) is 0.716. The molecule has 2 amide bonds. The van der Waals surface area contributed by atoms with Gasteiger partial charge in [-0.2, -0.15) is 0 Å². The summed E-state index contributed by atoms with van der Waals surface area (Å²) in [5.41, 5.74) is 7.04. The Morgan fingerprint density at radius 2 is 1.89 bits per heavy atom. The number of rotatable bonds is 4. The van der Waals surface area contributed by atoms with Crippen molar-refractivity contribution in [2.75, 3.05) is 17.6 Å². The third kappa shape index (κ3) is 3.95. The molecule has 4 nitrogen and oxygen atoms in total. The maximum absolute atomic E-state index is 11.6. The van der Waals surface area contributed by atoms with Gasteiger partial charge in [-0.05, 0) is 36.6 Å². The van der Waals surface area contributed by atoms with Gasteiger partial charge in [-0.3, -0.25) is 0 Å². The fourth-order valence-electron chi connectivity index (χ4n) is 2.43. The number of benzene rings is 1. The number of urea groups is 1. The molecule has 4 heteroatoms. The van der Waals surface area contributed by atoms with E-state index >= 15 is 0 Å². The molecule has 2 rings (SSSR count). The highest BCUT2D eigenvalue weighted by atomic mass is 16.2. The van der Waals surface area contributed by atoms with Crippen molar-refractivity contribution < 1.29 is 4.79 Å². The van der Waals surface area contributed by atoms with E-state index in [1.165, 1.54) is 25.7 Å². The first kappa shape index (κ1) is 12.7. The van der Waals surface area contributed by atoms with Gasteiger partial charge in [-0.15, -0.1) is 0 Å². The lowest BCUT2D eigenvalue weighted by Gasteiger charge is -2.10. The van der Waals surface area contributed by atoms with Crippen LogP contribution < -0.4 is 16.4 Å². The van der Waals surface area contributed by atoms with Gasteiger partial charge in [-0.1, -0.05) is 25.7 Å². The molecule has 1 aromatic rings. The lowest BCUT2D eigenvalue weighted by Crippen LogP contribution is -2.30. The van der Waals surface area contributed by atoms with Crippen molar-refractivity contribution in [1.29, 1.82) is 0 Å². The van der Waals surface area contributed by atoms with Gasteiger partial charge in [0.15, 0.2) is 0 Å². The van der Waals surface area contributed by atoms with E-state index in [0.717, 1.165) is 24.6 Å². The monoisotopic (exact) mass is 247 g/mol. The van der Waals surface area contributed by atoms with Gasteiger partial charge in [0.1, 0.15) is 0 Å². The van der Waals surface area contributed by atoms with Crippen molar-refractivity contribution in [3.63, 3.8) is 0 Å². The van der Waals surface area contributed by atoms with Crippen LogP contribution in [0.5, 0.6) is 0 Å². The van der Waals surface area contributed by atoms with Crippen LogP contribution in [0.4, 0.5) is 16.2 Å². The van der Waals surface area contributed by atoms with Gasteiger partial charge in [0.25, 0.3) is 0 Å². The molecule has 0 bridgehead atoms. The molecule has 18 heavy (non-hydrogen) atoms. The third-order valence-electron chi connectivity index (χ3n) is 3.48. The fourth-order valence-corrected chi connectivity index (χ4v) is 2.43. The number of anilines is 2. The van der Waals surface area contributed by atoms with E-state index in [9.17, 15) is 4.79 Å². The van der Waals surface area contributed by atoms with Crippen LogP contribution in [0.15, 0.2) is 24.3 Å². The van der Waals surface area contributed by atoms with Gasteiger partial charge < -0.3 is 16.4 Å². The van der Waals surface area contributed by atoms with Gasteiger partial charge in [0.05, 0.1) is 0 Å². The predicted octanol–water partition coefficient (Wildman–Crippen LogP) is 2.97. The first-order valence-corrected chi connectivity index (χ1v) is 6.64. The molecule has 1 aliphatic rings. The smallest absolute Gasteiger partial charge is 0.319 e. The molecule has 0 aromatic heterocycles. The Hall–Kier alpha value is -1.71. The van der Waals surface area contributed by atoms with Crippen LogP contribution in [0.3, 0.4) is 0 Å². The molecule has 0 unspecified atom stereocenters.